The molecule has 2 rings (SSSR count). The number of likely N-dealkylation sites (N-methyl/N-ethyl adjacent to an activating group) is 1. The van der Waals surface area contributed by atoms with Gasteiger partial charge in [0, 0.05) is 20.5 Å². The molecule has 0 bridgehead atoms. The first kappa shape index (κ1) is 24.6. The van der Waals surface area contributed by atoms with Gasteiger partial charge in [-0.15, -0.1) is 0 Å². The topological polar surface area (TPSA) is 109 Å². The first-order valence-corrected chi connectivity index (χ1v) is 10.4. The van der Waals surface area contributed by atoms with Crippen LogP contribution in [0.25, 0.3) is 0 Å². The largest absolute Gasteiger partial charge is 0.489 e. The Bertz CT molecular complexity index is 923. The third kappa shape index (κ3) is 6.44. The van der Waals surface area contributed by atoms with Gasteiger partial charge in [0.1, 0.15) is 24.1 Å². The van der Waals surface area contributed by atoms with Gasteiger partial charge in [-0.3, -0.25) is 9.59 Å². The number of nitrogens with zero attached hydrogens (tertiary/aromatic N) is 2. The highest BCUT2D eigenvalue weighted by molar-refractivity contribution is 6.39. The second kappa shape index (κ2) is 12.3. The summed E-state index contributed by atoms with van der Waals surface area (Å²) in [7, 11) is 4.45. The van der Waals surface area contributed by atoms with Gasteiger partial charge in [-0.05, 0) is 31.0 Å². The Hall–Kier alpha value is -3.62. The fourth-order valence-electron chi connectivity index (χ4n) is 3.05. The zero-order chi connectivity index (χ0) is 23.5. The van der Waals surface area contributed by atoms with Crippen LogP contribution in [-0.4, -0.2) is 57.3 Å². The van der Waals surface area contributed by atoms with Crippen LogP contribution in [0, 0.1) is 0 Å². The maximum absolute atomic E-state index is 13.0. The van der Waals surface area contributed by atoms with Crippen LogP contribution in [0.2, 0.25) is 0 Å². The monoisotopic (exact) mass is 442 g/mol. The fourth-order valence-corrected chi connectivity index (χ4v) is 3.05. The van der Waals surface area contributed by atoms with Crippen molar-refractivity contribution in [3.63, 3.8) is 0 Å². The Kier molecular flexibility index (Phi) is 9.46. The van der Waals surface area contributed by atoms with E-state index in [1.165, 1.54) is 18.1 Å². The average Bonchev–Trinajstić information content (AvgIpc) is 2.91. The van der Waals surface area contributed by atoms with E-state index in [9.17, 15) is 14.4 Å². The number of rotatable bonds is 9. The number of anilines is 1. The molecule has 2 N–H and O–H groups in total. The first-order chi connectivity index (χ1) is 15.4. The molecule has 1 aliphatic rings. The van der Waals surface area contributed by atoms with Crippen molar-refractivity contribution in [1.82, 2.24) is 10.7 Å². The van der Waals surface area contributed by atoms with Crippen LogP contribution in [0.4, 0.5) is 5.69 Å². The number of methoxy groups -OCH3 is 1. The molecule has 32 heavy (non-hydrogen) atoms. The lowest BCUT2D eigenvalue weighted by Gasteiger charge is -2.21. The van der Waals surface area contributed by atoms with Gasteiger partial charge < -0.3 is 25.1 Å². The van der Waals surface area contributed by atoms with E-state index in [1.54, 1.807) is 26.2 Å². The normalized spacial score (nSPS) is 16.5. The molecule has 1 aromatic rings. The molecule has 9 heteroatoms. The second-order valence-electron chi connectivity index (χ2n) is 6.99. The van der Waals surface area contributed by atoms with Crippen LogP contribution < -0.4 is 20.4 Å². The maximum Gasteiger partial charge on any atom is 0.337 e. The quantitative estimate of drug-likeness (QED) is 0.263. The lowest BCUT2D eigenvalue weighted by Crippen LogP contribution is -2.51. The van der Waals surface area contributed by atoms with Crippen LogP contribution >= 0.6 is 0 Å². The molecule has 0 aliphatic carbocycles. The van der Waals surface area contributed by atoms with Gasteiger partial charge in [-0.25, -0.2) is 4.79 Å². The summed E-state index contributed by atoms with van der Waals surface area (Å²) in [6.07, 6.45) is 9.85. The summed E-state index contributed by atoms with van der Waals surface area (Å²) in [6, 6.07) is 3.77. The number of amides is 2. The van der Waals surface area contributed by atoms with Crippen LogP contribution in [0.1, 0.15) is 36.5 Å². The predicted molar refractivity (Wildman–Crippen MR) is 123 cm³/mol. The van der Waals surface area contributed by atoms with E-state index in [2.05, 4.69) is 22.8 Å². The number of hydrogen-bond donors (Lipinski definition) is 2. The highest BCUT2D eigenvalue weighted by Gasteiger charge is 2.32. The molecule has 1 heterocycles. The zero-order valence-corrected chi connectivity index (χ0v) is 18.9. The van der Waals surface area contributed by atoms with Crippen LogP contribution in [0.5, 0.6) is 5.75 Å². The molecule has 1 aliphatic heterocycles. The standard InChI is InChI=1S/C23H30N4O5/c1-5-6-7-8-9-10-11-17(26-24-2)21(28)25-18-15-32-20-13-12-16(23(30)31-4)14-19(20)27(3)22(18)29/h6-9,12-14,18,24H,5,10-11,15H2,1-4H3,(H,25,28)/b7-6-,9-8-,26-17+/t18-/m0/s1. The highest BCUT2D eigenvalue weighted by Crippen LogP contribution is 2.31. The predicted octanol–water partition coefficient (Wildman–Crippen LogP) is 2.19. The molecule has 0 fully saturated rings. The lowest BCUT2D eigenvalue weighted by atomic mass is 10.1. The fraction of sp³-hybridized carbons (Fsp3) is 0.391. The number of ether oxygens (including phenoxy) is 2. The summed E-state index contributed by atoms with van der Waals surface area (Å²) in [5.74, 6) is -0.907. The molecule has 0 aromatic heterocycles. The Morgan fingerprint density at radius 3 is 2.75 bits per heavy atom. The number of esters is 1. The number of hydrazone groups is 1. The van der Waals surface area contributed by atoms with Gasteiger partial charge in [-0.1, -0.05) is 31.2 Å². The van der Waals surface area contributed by atoms with Crippen molar-refractivity contribution >= 4 is 29.2 Å². The molecular formula is C23H30N4O5. The van der Waals surface area contributed by atoms with Gasteiger partial charge in [-0.2, -0.15) is 5.10 Å². The van der Waals surface area contributed by atoms with E-state index < -0.39 is 17.9 Å². The van der Waals surface area contributed by atoms with Crippen molar-refractivity contribution in [1.29, 1.82) is 0 Å². The van der Waals surface area contributed by atoms with E-state index in [-0.39, 0.29) is 18.2 Å². The van der Waals surface area contributed by atoms with E-state index in [0.717, 1.165) is 6.42 Å². The van der Waals surface area contributed by atoms with Crippen LogP contribution in [-0.2, 0) is 14.3 Å². The van der Waals surface area contributed by atoms with Gasteiger partial charge in [0.05, 0.1) is 18.4 Å². The molecule has 0 unspecified atom stereocenters. The van der Waals surface area contributed by atoms with Gasteiger partial charge >= 0.3 is 5.97 Å². The van der Waals surface area contributed by atoms with Crippen molar-refractivity contribution in [2.24, 2.45) is 5.10 Å². The van der Waals surface area contributed by atoms with Crippen molar-refractivity contribution in [2.45, 2.75) is 32.2 Å². The van der Waals surface area contributed by atoms with Crippen molar-refractivity contribution in [3.8, 4) is 5.75 Å². The maximum atomic E-state index is 13.0. The number of hydrogen-bond acceptors (Lipinski definition) is 7. The minimum Gasteiger partial charge on any atom is -0.489 e. The number of benzene rings is 1. The minimum atomic E-state index is -0.911. The Balaban J connectivity index is 2.09. The van der Waals surface area contributed by atoms with E-state index in [0.29, 0.717) is 29.8 Å². The first-order valence-electron chi connectivity index (χ1n) is 10.4. The second-order valence-corrected chi connectivity index (χ2v) is 6.99. The van der Waals surface area contributed by atoms with Crippen LogP contribution in [0.3, 0.4) is 0 Å². The number of fused-ring (bicyclic) bond motifs is 1. The molecule has 9 nitrogen and oxygen atoms in total. The molecule has 0 radical (unpaired) electrons. The van der Waals surface area contributed by atoms with Crippen molar-refractivity contribution in [2.75, 3.05) is 32.7 Å². The van der Waals surface area contributed by atoms with Crippen molar-refractivity contribution in [3.05, 3.63) is 48.1 Å². The lowest BCUT2D eigenvalue weighted by molar-refractivity contribution is -0.124. The molecule has 0 saturated carbocycles. The third-order valence-corrected chi connectivity index (χ3v) is 4.76. The molecular weight excluding hydrogens is 412 g/mol. The van der Waals surface area contributed by atoms with Crippen molar-refractivity contribution < 1.29 is 23.9 Å². The van der Waals surface area contributed by atoms with Gasteiger partial charge in [0.25, 0.3) is 11.8 Å². The third-order valence-electron chi connectivity index (χ3n) is 4.76. The number of carbonyl (C=O) groups excluding carboxylic acids is 3. The van der Waals surface area contributed by atoms with E-state index >= 15 is 0 Å². The van der Waals surface area contributed by atoms with Crippen LogP contribution in [0.15, 0.2) is 47.6 Å². The molecule has 1 aromatic carbocycles. The summed E-state index contributed by atoms with van der Waals surface area (Å²) in [6.45, 7) is 2.01. The van der Waals surface area contributed by atoms with E-state index in [1.807, 2.05) is 24.3 Å². The molecule has 1 atom stereocenters. The number of carbonyl (C=O) groups is 3. The molecule has 2 amide bonds. The minimum absolute atomic E-state index is 0.0476. The Morgan fingerprint density at radius 2 is 2.06 bits per heavy atom. The molecule has 0 spiro atoms. The summed E-state index contributed by atoms with van der Waals surface area (Å²) >= 11 is 0. The smallest absolute Gasteiger partial charge is 0.337 e. The SMILES string of the molecule is CC/C=C\C=C/CC/C(=N\NC)C(=O)N[C@H]1COc2ccc(C(=O)OC)cc2N(C)C1=O. The Morgan fingerprint density at radius 1 is 1.31 bits per heavy atom. The highest BCUT2D eigenvalue weighted by atomic mass is 16.5. The van der Waals surface area contributed by atoms with E-state index in [4.69, 9.17) is 9.47 Å². The Labute approximate surface area is 188 Å². The number of allylic oxidation sites excluding steroid dienone is 4. The summed E-state index contributed by atoms with van der Waals surface area (Å²) in [5.41, 5.74) is 3.63. The zero-order valence-electron chi connectivity index (χ0n) is 18.9. The number of nitrogens with one attached hydrogen (secondary N) is 2. The average molecular weight is 443 g/mol. The summed E-state index contributed by atoms with van der Waals surface area (Å²) in [4.78, 5) is 38.9. The van der Waals surface area contributed by atoms with Gasteiger partial charge in [0.15, 0.2) is 0 Å². The summed E-state index contributed by atoms with van der Waals surface area (Å²) < 4.78 is 10.5. The molecule has 0 saturated heterocycles. The molecule has 172 valence electrons. The summed E-state index contributed by atoms with van der Waals surface area (Å²) in [5, 5.41) is 6.77. The van der Waals surface area contributed by atoms with Gasteiger partial charge in [0.2, 0.25) is 0 Å².